The highest BCUT2D eigenvalue weighted by atomic mass is 32.2. The average Bonchev–Trinajstić information content (AvgIpc) is 2.43. The smallest absolute Gasteiger partial charge is 0.252 e. The normalized spacial score (nSPS) is 22.6. The highest BCUT2D eigenvalue weighted by Gasteiger charge is 2.25. The summed E-state index contributed by atoms with van der Waals surface area (Å²) in [6.45, 7) is 5.62. The van der Waals surface area contributed by atoms with Crippen LogP contribution in [0.15, 0.2) is 11.1 Å². The number of hydrogen-bond acceptors (Lipinski definition) is 5. The lowest BCUT2D eigenvalue weighted by molar-refractivity contribution is -0.118. The molecule has 0 saturated carbocycles. The van der Waals surface area contributed by atoms with Crippen molar-refractivity contribution in [3.63, 3.8) is 0 Å². The van der Waals surface area contributed by atoms with Crippen molar-refractivity contribution in [2.24, 2.45) is 4.99 Å². The molecule has 0 bridgehead atoms. The molecule has 2 rings (SSSR count). The van der Waals surface area contributed by atoms with E-state index in [1.54, 1.807) is 0 Å². The number of carbonyl (C=O) groups is 1. The average molecular weight is 236 g/mol. The molecule has 1 amide bonds. The second-order valence-corrected chi connectivity index (χ2v) is 4.95. The van der Waals surface area contributed by atoms with Gasteiger partial charge < -0.3 is 5.32 Å². The fourth-order valence-electron chi connectivity index (χ4n) is 1.36. The van der Waals surface area contributed by atoms with Gasteiger partial charge in [-0.05, 0) is 26.8 Å². The predicted molar refractivity (Wildman–Crippen MR) is 63.8 cm³/mol. The summed E-state index contributed by atoms with van der Waals surface area (Å²) < 4.78 is 0. The summed E-state index contributed by atoms with van der Waals surface area (Å²) >= 11 is 1.39. The molecule has 1 aliphatic heterocycles. The van der Waals surface area contributed by atoms with E-state index >= 15 is 0 Å². The summed E-state index contributed by atoms with van der Waals surface area (Å²) in [5, 5.41) is 3.16. The van der Waals surface area contributed by atoms with Crippen LogP contribution in [0.2, 0.25) is 0 Å². The Hall–Kier alpha value is -1.43. The van der Waals surface area contributed by atoms with Gasteiger partial charge in [-0.15, -0.1) is 0 Å². The predicted octanol–water partition coefficient (Wildman–Crippen LogP) is 1.33. The van der Waals surface area contributed by atoms with Crippen LogP contribution >= 0.6 is 11.8 Å². The lowest BCUT2D eigenvalue weighted by Crippen LogP contribution is -2.23. The van der Waals surface area contributed by atoms with Gasteiger partial charge in [0.1, 0.15) is 0 Å². The number of thioether (sulfide) groups is 1. The lowest BCUT2D eigenvalue weighted by Gasteiger charge is -1.99. The van der Waals surface area contributed by atoms with Gasteiger partial charge in [-0.2, -0.15) is 4.99 Å². The molecule has 1 aromatic heterocycles. The zero-order chi connectivity index (χ0) is 11.7. The van der Waals surface area contributed by atoms with E-state index in [2.05, 4.69) is 20.3 Å². The second-order valence-electron chi connectivity index (χ2n) is 3.62. The molecule has 0 spiro atoms. The number of amides is 1. The van der Waals surface area contributed by atoms with Crippen molar-refractivity contribution in [1.82, 2.24) is 15.3 Å². The topological polar surface area (TPSA) is 67.2 Å². The van der Waals surface area contributed by atoms with E-state index in [1.807, 2.05) is 26.8 Å². The highest BCUT2D eigenvalue weighted by molar-refractivity contribution is 8.15. The van der Waals surface area contributed by atoms with Gasteiger partial charge in [-0.25, -0.2) is 9.97 Å². The van der Waals surface area contributed by atoms with Crippen molar-refractivity contribution in [1.29, 1.82) is 0 Å². The maximum atomic E-state index is 11.3. The number of carbonyl (C=O) groups excluding carboxylic acids is 1. The third kappa shape index (κ3) is 2.38. The Kier molecular flexibility index (Phi) is 2.91. The fraction of sp³-hybridized carbons (Fsp3) is 0.400. The zero-order valence-corrected chi connectivity index (χ0v) is 10.1. The Morgan fingerprint density at radius 3 is 2.50 bits per heavy atom. The Bertz CT molecular complexity index is 452. The maximum absolute atomic E-state index is 11.3. The van der Waals surface area contributed by atoms with Crippen LogP contribution in [0.5, 0.6) is 0 Å². The molecular weight excluding hydrogens is 224 g/mol. The van der Waals surface area contributed by atoms with Crippen molar-refractivity contribution < 1.29 is 4.79 Å². The van der Waals surface area contributed by atoms with Gasteiger partial charge >= 0.3 is 0 Å². The maximum Gasteiger partial charge on any atom is 0.252 e. The molecule has 1 saturated heterocycles. The van der Waals surface area contributed by atoms with Gasteiger partial charge in [0.2, 0.25) is 5.91 Å². The molecule has 2 heterocycles. The summed E-state index contributed by atoms with van der Waals surface area (Å²) in [5.74, 6) is 0.377. The molecule has 5 nitrogen and oxygen atoms in total. The second kappa shape index (κ2) is 4.21. The van der Waals surface area contributed by atoms with Gasteiger partial charge in [0.15, 0.2) is 5.17 Å². The first kappa shape index (κ1) is 11.1. The third-order valence-corrected chi connectivity index (χ3v) is 3.04. The van der Waals surface area contributed by atoms with Crippen LogP contribution < -0.4 is 5.32 Å². The largest absolute Gasteiger partial charge is 0.304 e. The van der Waals surface area contributed by atoms with Crippen LogP contribution in [0.1, 0.15) is 18.3 Å². The Balaban J connectivity index is 2.26. The summed E-state index contributed by atoms with van der Waals surface area (Å²) in [7, 11) is 0. The van der Waals surface area contributed by atoms with Crippen molar-refractivity contribution in [3.8, 4) is 0 Å². The molecule has 1 fully saturated rings. The molecular formula is C10H12N4OS. The van der Waals surface area contributed by atoms with Gasteiger partial charge in [0.05, 0.1) is 5.25 Å². The molecule has 6 heteroatoms. The highest BCUT2D eigenvalue weighted by Crippen LogP contribution is 2.20. The minimum absolute atomic E-state index is 0.0203. The summed E-state index contributed by atoms with van der Waals surface area (Å²) in [5.41, 5.74) is 1.74. The van der Waals surface area contributed by atoms with Crippen molar-refractivity contribution in [2.45, 2.75) is 26.0 Å². The molecule has 1 aromatic rings. The SMILES string of the molecule is Cc1cc(C)nc(N=C2NC(=O)[C@@H](C)S2)n1. The standard InChI is InChI=1S/C10H12N4OS/c1-5-4-6(2)12-9(11-5)14-10-13-8(15)7(3)16-10/h4,7H,1-3H3,(H,11,12,13,14,15)/t7-/m1/s1. The quantitative estimate of drug-likeness (QED) is 0.798. The first-order valence-corrected chi connectivity index (χ1v) is 5.81. The van der Waals surface area contributed by atoms with E-state index in [-0.39, 0.29) is 11.2 Å². The Morgan fingerprint density at radius 1 is 1.38 bits per heavy atom. The van der Waals surface area contributed by atoms with Crippen LogP contribution in [-0.2, 0) is 4.79 Å². The minimum Gasteiger partial charge on any atom is -0.304 e. The van der Waals surface area contributed by atoms with Crippen LogP contribution in [0, 0.1) is 13.8 Å². The van der Waals surface area contributed by atoms with Gasteiger partial charge in [0, 0.05) is 11.4 Å². The molecule has 1 aliphatic rings. The van der Waals surface area contributed by atoms with E-state index in [9.17, 15) is 4.79 Å². The minimum atomic E-state index is -0.0929. The molecule has 0 aromatic carbocycles. The first-order valence-electron chi connectivity index (χ1n) is 4.93. The van der Waals surface area contributed by atoms with Gasteiger partial charge in [-0.3, -0.25) is 4.79 Å². The fourth-order valence-corrected chi connectivity index (χ4v) is 2.15. The summed E-state index contributed by atoms with van der Waals surface area (Å²) in [6.07, 6.45) is 0. The van der Waals surface area contributed by atoms with Crippen LogP contribution in [0.3, 0.4) is 0 Å². The lowest BCUT2D eigenvalue weighted by atomic mass is 10.4. The molecule has 84 valence electrons. The Labute approximate surface area is 97.8 Å². The number of amidine groups is 1. The monoisotopic (exact) mass is 236 g/mol. The number of nitrogens with one attached hydrogen (secondary N) is 1. The Morgan fingerprint density at radius 2 is 2.00 bits per heavy atom. The van der Waals surface area contributed by atoms with Crippen LogP contribution in [-0.4, -0.2) is 26.3 Å². The summed E-state index contributed by atoms with van der Waals surface area (Å²) in [6, 6.07) is 1.88. The van der Waals surface area contributed by atoms with Gasteiger partial charge in [-0.1, -0.05) is 11.8 Å². The van der Waals surface area contributed by atoms with E-state index in [0.717, 1.165) is 11.4 Å². The molecule has 0 aliphatic carbocycles. The molecule has 1 atom stereocenters. The van der Waals surface area contributed by atoms with Gasteiger partial charge in [0.25, 0.3) is 5.95 Å². The number of aromatic nitrogens is 2. The van der Waals surface area contributed by atoms with Crippen molar-refractivity contribution in [3.05, 3.63) is 17.5 Å². The molecule has 0 radical (unpaired) electrons. The molecule has 16 heavy (non-hydrogen) atoms. The van der Waals surface area contributed by atoms with E-state index in [1.165, 1.54) is 11.8 Å². The van der Waals surface area contributed by atoms with E-state index in [0.29, 0.717) is 11.1 Å². The number of nitrogens with zero attached hydrogens (tertiary/aromatic N) is 3. The van der Waals surface area contributed by atoms with E-state index < -0.39 is 0 Å². The number of hydrogen-bond donors (Lipinski definition) is 1. The number of aliphatic imine (C=N–C) groups is 1. The van der Waals surface area contributed by atoms with Crippen molar-refractivity contribution in [2.75, 3.05) is 0 Å². The van der Waals surface area contributed by atoms with E-state index in [4.69, 9.17) is 0 Å². The zero-order valence-electron chi connectivity index (χ0n) is 9.31. The number of aryl methyl sites for hydroxylation is 2. The van der Waals surface area contributed by atoms with Crippen molar-refractivity contribution >= 4 is 28.8 Å². The van der Waals surface area contributed by atoms with Crippen LogP contribution in [0.4, 0.5) is 5.95 Å². The summed E-state index contributed by atoms with van der Waals surface area (Å²) in [4.78, 5) is 23.8. The first-order chi connectivity index (χ1) is 7.54. The molecule has 1 N–H and O–H groups in total. The molecule has 0 unspecified atom stereocenters. The number of rotatable bonds is 1. The van der Waals surface area contributed by atoms with Crippen LogP contribution in [0.25, 0.3) is 0 Å². The third-order valence-electron chi connectivity index (χ3n) is 2.06.